The lowest BCUT2D eigenvalue weighted by molar-refractivity contribution is -0.137. The molecule has 2 aliphatic rings. The van der Waals surface area contributed by atoms with Crippen LogP contribution in [0.1, 0.15) is 36.4 Å². The van der Waals surface area contributed by atoms with Crippen LogP contribution in [0.2, 0.25) is 0 Å². The normalized spacial score (nSPS) is 22.7. The number of carbonyl (C=O) groups excluding carboxylic acids is 1. The van der Waals surface area contributed by atoms with Crippen molar-refractivity contribution in [2.24, 2.45) is 0 Å². The number of aromatic nitrogens is 1. The number of hydrogen-bond acceptors (Lipinski definition) is 4. The average Bonchev–Trinajstić information content (AvgIpc) is 3.28. The molecular formula is C21H23F3N4O. The van der Waals surface area contributed by atoms with Crippen LogP contribution in [0.5, 0.6) is 0 Å². The fourth-order valence-corrected chi connectivity index (χ4v) is 4.00. The van der Waals surface area contributed by atoms with Gasteiger partial charge in [-0.25, -0.2) is 5.43 Å². The largest absolute Gasteiger partial charge is 0.416 e. The van der Waals surface area contributed by atoms with Gasteiger partial charge in [-0.1, -0.05) is 18.2 Å². The van der Waals surface area contributed by atoms with Crippen molar-refractivity contribution in [1.29, 1.82) is 0 Å². The highest BCUT2D eigenvalue weighted by Crippen LogP contribution is 2.33. The van der Waals surface area contributed by atoms with E-state index < -0.39 is 11.7 Å². The molecular weight excluding hydrogens is 381 g/mol. The summed E-state index contributed by atoms with van der Waals surface area (Å²) in [5.74, 6) is 0.168. The van der Waals surface area contributed by atoms with E-state index in [9.17, 15) is 18.0 Å². The van der Waals surface area contributed by atoms with E-state index in [1.807, 2.05) is 17.0 Å². The third-order valence-electron chi connectivity index (χ3n) is 5.54. The van der Waals surface area contributed by atoms with Gasteiger partial charge in [0.05, 0.1) is 11.3 Å². The van der Waals surface area contributed by atoms with Crippen LogP contribution in [0.3, 0.4) is 0 Å². The number of piperidine rings is 1. The summed E-state index contributed by atoms with van der Waals surface area (Å²) in [4.78, 5) is 19.2. The zero-order chi connectivity index (χ0) is 20.4. The number of halogens is 3. The number of nitrogens with one attached hydrogen (secondary N) is 2. The molecule has 2 N–H and O–H groups in total. The molecule has 8 heteroatoms. The monoisotopic (exact) mass is 404 g/mol. The Kier molecular flexibility index (Phi) is 5.56. The molecule has 3 heterocycles. The van der Waals surface area contributed by atoms with Gasteiger partial charge in [-0.15, -0.1) is 0 Å². The first kappa shape index (κ1) is 19.8. The van der Waals surface area contributed by atoms with Crippen molar-refractivity contribution in [2.45, 2.75) is 37.4 Å². The van der Waals surface area contributed by atoms with E-state index in [1.54, 1.807) is 12.1 Å². The van der Waals surface area contributed by atoms with Crippen LogP contribution in [0.25, 0.3) is 11.3 Å². The SMILES string of the molecule is O=C(C1CCNN1)N1CCCC(c2cccc(-c3cccc(C(F)(F)F)c3)n2)C1. The smallest absolute Gasteiger partial charge is 0.341 e. The predicted molar refractivity (Wildman–Crippen MR) is 103 cm³/mol. The minimum absolute atomic E-state index is 0.0767. The van der Waals surface area contributed by atoms with Gasteiger partial charge < -0.3 is 4.90 Å². The van der Waals surface area contributed by atoms with Gasteiger partial charge in [-0.2, -0.15) is 13.2 Å². The summed E-state index contributed by atoms with van der Waals surface area (Å²) in [6, 6.07) is 10.5. The quantitative estimate of drug-likeness (QED) is 0.824. The first-order chi connectivity index (χ1) is 13.9. The topological polar surface area (TPSA) is 57.3 Å². The second kappa shape index (κ2) is 8.12. The van der Waals surface area contributed by atoms with Gasteiger partial charge in [0.15, 0.2) is 0 Å². The standard InChI is InChI=1S/C21H23F3N4O/c22-21(23,24)16-6-1-4-14(12-16)17-7-2-8-18(26-17)15-5-3-11-28(13-15)20(29)19-9-10-25-27-19/h1-2,4,6-8,12,15,19,25,27H,3,5,9-11,13H2. The molecule has 1 amide bonds. The number of likely N-dealkylation sites (tertiary alicyclic amines) is 1. The number of alkyl halides is 3. The molecule has 0 aliphatic carbocycles. The van der Waals surface area contributed by atoms with Crippen molar-refractivity contribution in [3.63, 3.8) is 0 Å². The van der Waals surface area contributed by atoms with Crippen molar-refractivity contribution in [3.8, 4) is 11.3 Å². The Balaban J connectivity index is 1.53. The third kappa shape index (κ3) is 4.43. The molecule has 0 radical (unpaired) electrons. The van der Waals surface area contributed by atoms with Crippen LogP contribution < -0.4 is 10.9 Å². The van der Waals surface area contributed by atoms with Crippen LogP contribution in [0.15, 0.2) is 42.5 Å². The van der Waals surface area contributed by atoms with Gasteiger partial charge in [0.1, 0.15) is 6.04 Å². The number of amides is 1. The molecule has 0 bridgehead atoms. The lowest BCUT2D eigenvalue weighted by Crippen LogP contribution is -2.48. The van der Waals surface area contributed by atoms with E-state index in [2.05, 4.69) is 15.8 Å². The van der Waals surface area contributed by atoms with E-state index >= 15 is 0 Å². The van der Waals surface area contributed by atoms with E-state index in [0.717, 1.165) is 50.2 Å². The number of nitrogens with zero attached hydrogens (tertiary/aromatic N) is 2. The molecule has 5 nitrogen and oxygen atoms in total. The molecule has 154 valence electrons. The molecule has 29 heavy (non-hydrogen) atoms. The van der Waals surface area contributed by atoms with Gasteiger partial charge in [0, 0.05) is 36.8 Å². The Morgan fingerprint density at radius 2 is 1.97 bits per heavy atom. The zero-order valence-corrected chi connectivity index (χ0v) is 15.9. The molecule has 2 fully saturated rings. The van der Waals surface area contributed by atoms with Crippen molar-refractivity contribution >= 4 is 5.91 Å². The van der Waals surface area contributed by atoms with Crippen molar-refractivity contribution < 1.29 is 18.0 Å². The predicted octanol–water partition coefficient (Wildman–Crippen LogP) is 3.34. The first-order valence-corrected chi connectivity index (χ1v) is 9.83. The van der Waals surface area contributed by atoms with E-state index in [0.29, 0.717) is 17.8 Å². The minimum Gasteiger partial charge on any atom is -0.341 e. The second-order valence-corrected chi connectivity index (χ2v) is 7.56. The highest BCUT2D eigenvalue weighted by atomic mass is 19.4. The van der Waals surface area contributed by atoms with Crippen LogP contribution in [0.4, 0.5) is 13.2 Å². The number of benzene rings is 1. The van der Waals surface area contributed by atoms with Gasteiger partial charge in [-0.3, -0.25) is 15.2 Å². The highest BCUT2D eigenvalue weighted by Gasteiger charge is 2.32. The van der Waals surface area contributed by atoms with E-state index in [-0.39, 0.29) is 17.9 Å². The van der Waals surface area contributed by atoms with Crippen molar-refractivity contribution in [3.05, 3.63) is 53.7 Å². The Morgan fingerprint density at radius 1 is 1.14 bits per heavy atom. The number of hydrazine groups is 1. The number of carbonyl (C=O) groups is 1. The molecule has 0 saturated carbocycles. The van der Waals surface area contributed by atoms with Crippen molar-refractivity contribution in [2.75, 3.05) is 19.6 Å². The summed E-state index contributed by atoms with van der Waals surface area (Å²) < 4.78 is 39.1. The molecule has 2 aliphatic heterocycles. The van der Waals surface area contributed by atoms with Crippen molar-refractivity contribution in [1.82, 2.24) is 20.7 Å². The maximum Gasteiger partial charge on any atom is 0.416 e. The maximum atomic E-state index is 13.0. The van der Waals surface area contributed by atoms with Crippen LogP contribution in [-0.2, 0) is 11.0 Å². The minimum atomic E-state index is -4.39. The Morgan fingerprint density at radius 3 is 2.72 bits per heavy atom. The molecule has 2 atom stereocenters. The fraction of sp³-hybridized carbons (Fsp3) is 0.429. The molecule has 1 aromatic carbocycles. The van der Waals surface area contributed by atoms with Gasteiger partial charge in [0.25, 0.3) is 0 Å². The molecule has 1 aromatic heterocycles. The van der Waals surface area contributed by atoms with Crippen LogP contribution >= 0.6 is 0 Å². The third-order valence-corrected chi connectivity index (χ3v) is 5.54. The van der Waals surface area contributed by atoms with Crippen LogP contribution in [0, 0.1) is 0 Å². The zero-order valence-electron chi connectivity index (χ0n) is 15.9. The summed E-state index contributed by atoms with van der Waals surface area (Å²) in [7, 11) is 0. The Labute approximate surface area is 167 Å². The van der Waals surface area contributed by atoms with Gasteiger partial charge in [0.2, 0.25) is 5.91 Å². The molecule has 2 unspecified atom stereocenters. The molecule has 4 rings (SSSR count). The van der Waals surface area contributed by atoms with E-state index in [4.69, 9.17) is 0 Å². The van der Waals surface area contributed by atoms with Crippen LogP contribution in [-0.4, -0.2) is 41.5 Å². The van der Waals surface area contributed by atoms with Gasteiger partial charge in [-0.05, 0) is 43.5 Å². The lowest BCUT2D eigenvalue weighted by atomic mass is 9.93. The fourth-order valence-electron chi connectivity index (χ4n) is 4.00. The highest BCUT2D eigenvalue weighted by molar-refractivity contribution is 5.82. The Bertz CT molecular complexity index is 880. The first-order valence-electron chi connectivity index (χ1n) is 9.83. The summed E-state index contributed by atoms with van der Waals surface area (Å²) in [5.41, 5.74) is 7.07. The summed E-state index contributed by atoms with van der Waals surface area (Å²) in [6.07, 6.45) is -1.84. The lowest BCUT2D eigenvalue weighted by Gasteiger charge is -2.34. The Hall–Kier alpha value is -2.45. The molecule has 2 aromatic rings. The summed E-state index contributed by atoms with van der Waals surface area (Å²) >= 11 is 0. The molecule has 0 spiro atoms. The van der Waals surface area contributed by atoms with E-state index in [1.165, 1.54) is 6.07 Å². The number of pyridine rings is 1. The maximum absolute atomic E-state index is 13.0. The van der Waals surface area contributed by atoms with Gasteiger partial charge >= 0.3 is 6.18 Å². The second-order valence-electron chi connectivity index (χ2n) is 7.56. The summed E-state index contributed by atoms with van der Waals surface area (Å²) in [5, 5.41) is 0. The molecule has 2 saturated heterocycles. The number of rotatable bonds is 3. The average molecular weight is 404 g/mol. The number of hydrogen-bond donors (Lipinski definition) is 2. The summed E-state index contributed by atoms with van der Waals surface area (Å²) in [6.45, 7) is 2.07.